The van der Waals surface area contributed by atoms with E-state index in [1.165, 1.54) is 48.4 Å². The van der Waals surface area contributed by atoms with E-state index in [4.69, 9.17) is 0 Å². The second-order valence-corrected chi connectivity index (χ2v) is 8.46. The molecule has 19 heavy (non-hydrogen) atoms. The van der Waals surface area contributed by atoms with Crippen LogP contribution in [0.4, 0.5) is 5.69 Å². The Balaban J connectivity index is 1.69. The van der Waals surface area contributed by atoms with Crippen LogP contribution in [0.2, 0.25) is 0 Å². The molecule has 0 amide bonds. The van der Waals surface area contributed by atoms with Gasteiger partial charge in [0.15, 0.2) is 0 Å². The van der Waals surface area contributed by atoms with Gasteiger partial charge in [-0.1, -0.05) is 31.9 Å². The molecular weight excluding hydrogens is 270 g/mol. The normalized spacial score (nSPS) is 27.8. The SMILES string of the molecule is CC1SCCC1Nc1ccccc1SC1CCCC1. The summed E-state index contributed by atoms with van der Waals surface area (Å²) in [5, 5.41) is 5.38. The third-order valence-electron chi connectivity index (χ3n) is 4.20. The molecule has 1 N–H and O–H groups in total. The van der Waals surface area contributed by atoms with Gasteiger partial charge in [-0.15, -0.1) is 11.8 Å². The molecule has 1 aliphatic heterocycles. The minimum absolute atomic E-state index is 0.648. The highest BCUT2D eigenvalue weighted by molar-refractivity contribution is 8.00. The third kappa shape index (κ3) is 3.43. The van der Waals surface area contributed by atoms with Crippen LogP contribution in [-0.4, -0.2) is 22.3 Å². The summed E-state index contributed by atoms with van der Waals surface area (Å²) in [6.45, 7) is 2.35. The summed E-state index contributed by atoms with van der Waals surface area (Å²) < 4.78 is 0. The van der Waals surface area contributed by atoms with Crippen LogP contribution in [0.15, 0.2) is 29.2 Å². The Morgan fingerprint density at radius 3 is 2.68 bits per heavy atom. The van der Waals surface area contributed by atoms with Crippen molar-refractivity contribution in [3.8, 4) is 0 Å². The van der Waals surface area contributed by atoms with Gasteiger partial charge < -0.3 is 5.32 Å². The molecule has 2 atom stereocenters. The second-order valence-electron chi connectivity index (χ2n) is 5.64. The van der Waals surface area contributed by atoms with E-state index in [0.29, 0.717) is 6.04 Å². The lowest BCUT2D eigenvalue weighted by Crippen LogP contribution is -2.25. The van der Waals surface area contributed by atoms with Crippen LogP contribution in [0.25, 0.3) is 0 Å². The fourth-order valence-corrected chi connectivity index (χ4v) is 5.53. The summed E-state index contributed by atoms with van der Waals surface area (Å²) in [5.74, 6) is 1.30. The Hall–Kier alpha value is -0.280. The number of rotatable bonds is 4. The number of hydrogen-bond donors (Lipinski definition) is 1. The predicted octanol–water partition coefficient (Wildman–Crippen LogP) is 5.03. The Morgan fingerprint density at radius 1 is 1.16 bits per heavy atom. The smallest absolute Gasteiger partial charge is 0.0480 e. The summed E-state index contributed by atoms with van der Waals surface area (Å²) in [5.41, 5.74) is 1.36. The fraction of sp³-hybridized carbons (Fsp3) is 0.625. The van der Waals surface area contributed by atoms with Crippen LogP contribution in [-0.2, 0) is 0 Å². The van der Waals surface area contributed by atoms with Crippen molar-refractivity contribution in [3.63, 3.8) is 0 Å². The summed E-state index contributed by atoms with van der Waals surface area (Å²) in [4.78, 5) is 1.46. The van der Waals surface area contributed by atoms with Gasteiger partial charge in [-0.2, -0.15) is 11.8 Å². The molecule has 1 aromatic carbocycles. The summed E-state index contributed by atoms with van der Waals surface area (Å²) in [7, 11) is 0. The first-order valence-electron chi connectivity index (χ1n) is 7.47. The molecule has 3 rings (SSSR count). The first-order valence-corrected chi connectivity index (χ1v) is 9.39. The van der Waals surface area contributed by atoms with Gasteiger partial charge in [-0.3, -0.25) is 0 Å². The van der Waals surface area contributed by atoms with Crippen molar-refractivity contribution in [2.45, 2.75) is 60.5 Å². The molecule has 104 valence electrons. The molecule has 1 heterocycles. The standard InChI is InChI=1S/C16H23NS2/c1-12-14(10-11-18-12)17-15-8-4-5-9-16(15)19-13-6-2-3-7-13/h4-5,8-9,12-14,17H,2-3,6-7,10-11H2,1H3. The highest BCUT2D eigenvalue weighted by atomic mass is 32.2. The highest BCUT2D eigenvalue weighted by Crippen LogP contribution is 2.39. The minimum atomic E-state index is 0.648. The average Bonchev–Trinajstić information content (AvgIpc) is 3.05. The number of benzene rings is 1. The average molecular weight is 294 g/mol. The van der Waals surface area contributed by atoms with Gasteiger partial charge in [0.2, 0.25) is 0 Å². The van der Waals surface area contributed by atoms with Crippen molar-refractivity contribution in [1.82, 2.24) is 0 Å². The van der Waals surface area contributed by atoms with Gasteiger partial charge in [0.1, 0.15) is 0 Å². The molecule has 1 nitrogen and oxygen atoms in total. The van der Waals surface area contributed by atoms with Gasteiger partial charge >= 0.3 is 0 Å². The zero-order chi connectivity index (χ0) is 13.1. The molecule has 0 spiro atoms. The van der Waals surface area contributed by atoms with Gasteiger partial charge in [0, 0.05) is 27.1 Å². The zero-order valence-electron chi connectivity index (χ0n) is 11.6. The maximum Gasteiger partial charge on any atom is 0.0480 e. The number of anilines is 1. The largest absolute Gasteiger partial charge is 0.380 e. The maximum atomic E-state index is 3.79. The summed E-state index contributed by atoms with van der Waals surface area (Å²) >= 11 is 4.19. The number of nitrogens with one attached hydrogen (secondary N) is 1. The Kier molecular flexibility index (Phi) is 4.65. The van der Waals surface area contributed by atoms with E-state index in [2.05, 4.69) is 60.0 Å². The molecule has 1 aliphatic carbocycles. The first kappa shape index (κ1) is 13.7. The Morgan fingerprint density at radius 2 is 1.95 bits per heavy atom. The van der Waals surface area contributed by atoms with Crippen molar-refractivity contribution in [1.29, 1.82) is 0 Å². The van der Waals surface area contributed by atoms with E-state index in [9.17, 15) is 0 Å². The lowest BCUT2D eigenvalue weighted by Gasteiger charge is -2.21. The molecular formula is C16H23NS2. The summed E-state index contributed by atoms with van der Waals surface area (Å²) in [6, 6.07) is 9.53. The first-order chi connectivity index (χ1) is 9.33. The quantitative estimate of drug-likeness (QED) is 0.836. The predicted molar refractivity (Wildman–Crippen MR) is 88.5 cm³/mol. The van der Waals surface area contributed by atoms with Crippen molar-refractivity contribution in [2.24, 2.45) is 0 Å². The van der Waals surface area contributed by atoms with Crippen LogP contribution in [0, 0.1) is 0 Å². The second kappa shape index (κ2) is 6.45. The van der Waals surface area contributed by atoms with Crippen molar-refractivity contribution in [3.05, 3.63) is 24.3 Å². The lowest BCUT2D eigenvalue weighted by molar-refractivity contribution is 0.722. The number of thioether (sulfide) groups is 2. The molecule has 2 aliphatic rings. The van der Waals surface area contributed by atoms with Crippen LogP contribution in [0.3, 0.4) is 0 Å². The molecule has 1 aromatic rings. The van der Waals surface area contributed by atoms with Gasteiger partial charge in [0.25, 0.3) is 0 Å². The topological polar surface area (TPSA) is 12.0 Å². The maximum absolute atomic E-state index is 3.79. The monoisotopic (exact) mass is 293 g/mol. The Labute approximate surface area is 125 Å². The molecule has 0 aromatic heterocycles. The van der Waals surface area contributed by atoms with Crippen molar-refractivity contribution < 1.29 is 0 Å². The molecule has 0 bridgehead atoms. The van der Waals surface area contributed by atoms with Crippen LogP contribution in [0.5, 0.6) is 0 Å². The van der Waals surface area contributed by atoms with Gasteiger partial charge in [-0.25, -0.2) is 0 Å². The molecule has 3 heteroatoms. The van der Waals surface area contributed by atoms with E-state index in [-0.39, 0.29) is 0 Å². The van der Waals surface area contributed by atoms with Crippen LogP contribution in [0.1, 0.15) is 39.0 Å². The number of hydrogen-bond acceptors (Lipinski definition) is 3. The van der Waals surface area contributed by atoms with Crippen molar-refractivity contribution >= 4 is 29.2 Å². The van der Waals surface area contributed by atoms with E-state index in [0.717, 1.165) is 10.5 Å². The van der Waals surface area contributed by atoms with Crippen LogP contribution < -0.4 is 5.32 Å². The van der Waals surface area contributed by atoms with E-state index in [1.54, 1.807) is 0 Å². The van der Waals surface area contributed by atoms with Crippen molar-refractivity contribution in [2.75, 3.05) is 11.1 Å². The molecule has 2 unspecified atom stereocenters. The molecule has 2 fully saturated rings. The number of para-hydroxylation sites is 1. The van der Waals surface area contributed by atoms with E-state index < -0.39 is 0 Å². The van der Waals surface area contributed by atoms with Crippen LogP contribution >= 0.6 is 23.5 Å². The van der Waals surface area contributed by atoms with E-state index >= 15 is 0 Å². The van der Waals surface area contributed by atoms with Gasteiger partial charge in [-0.05, 0) is 37.1 Å². The van der Waals surface area contributed by atoms with E-state index in [1.807, 2.05) is 0 Å². The van der Waals surface area contributed by atoms with Gasteiger partial charge in [0.05, 0.1) is 0 Å². The third-order valence-corrected chi connectivity index (χ3v) is 6.94. The summed E-state index contributed by atoms with van der Waals surface area (Å²) in [6.07, 6.45) is 6.94. The Bertz CT molecular complexity index is 415. The lowest BCUT2D eigenvalue weighted by atomic mass is 10.1. The highest BCUT2D eigenvalue weighted by Gasteiger charge is 2.25. The zero-order valence-corrected chi connectivity index (χ0v) is 13.2. The minimum Gasteiger partial charge on any atom is -0.380 e. The molecule has 0 radical (unpaired) electrons. The molecule has 1 saturated heterocycles. The molecule has 1 saturated carbocycles. The fourth-order valence-electron chi connectivity index (χ4n) is 3.00.